The van der Waals surface area contributed by atoms with Crippen LogP contribution in [0.25, 0.3) is 44.0 Å². The van der Waals surface area contributed by atoms with Crippen LogP contribution in [0.3, 0.4) is 0 Å². The summed E-state index contributed by atoms with van der Waals surface area (Å²) in [5.41, 5.74) is 4.67. The summed E-state index contributed by atoms with van der Waals surface area (Å²) < 4.78 is 6.30. The number of aromatic nitrogens is 1. The molecule has 3 aromatic carbocycles. The summed E-state index contributed by atoms with van der Waals surface area (Å²) in [5, 5.41) is 4.26. The fourth-order valence-electron chi connectivity index (χ4n) is 3.75. The second-order valence-electron chi connectivity index (χ2n) is 7.60. The molecule has 2 radical (unpaired) electrons. The predicted molar refractivity (Wildman–Crippen MR) is 113 cm³/mol. The molecule has 0 unspecified atom stereocenters. The number of nitrogens with zero attached hydrogens (tertiary/aromatic N) is 1. The summed E-state index contributed by atoms with van der Waals surface area (Å²) in [6, 6.07) is 22.8. The number of pyridine rings is 1. The van der Waals surface area contributed by atoms with Crippen molar-refractivity contribution in [2.75, 3.05) is 0 Å². The minimum absolute atomic E-state index is 0.421. The van der Waals surface area contributed by atoms with E-state index in [1.54, 1.807) is 0 Å². The van der Waals surface area contributed by atoms with Crippen LogP contribution in [0.5, 0.6) is 0 Å². The summed E-state index contributed by atoms with van der Waals surface area (Å²) >= 11 is 0. The largest absolute Gasteiger partial charge is 0.455 e. The van der Waals surface area contributed by atoms with Gasteiger partial charge in [-0.25, -0.2) is 0 Å². The Morgan fingerprint density at radius 3 is 2.56 bits per heavy atom. The molecular formula is C24H18BNO. The predicted octanol–water partition coefficient (Wildman–Crippen LogP) is 6.20. The molecule has 3 heteroatoms. The third-order valence-corrected chi connectivity index (χ3v) is 5.17. The van der Waals surface area contributed by atoms with Crippen molar-refractivity contribution in [2.45, 2.75) is 19.2 Å². The molecule has 0 aliphatic heterocycles. The lowest BCUT2D eigenvalue weighted by atomic mass is 9.67. The van der Waals surface area contributed by atoms with Crippen LogP contribution in [-0.4, -0.2) is 12.8 Å². The topological polar surface area (TPSA) is 26.0 Å². The van der Waals surface area contributed by atoms with Crippen molar-refractivity contribution < 1.29 is 4.42 Å². The molecule has 0 amide bonds. The van der Waals surface area contributed by atoms with Gasteiger partial charge < -0.3 is 4.42 Å². The van der Waals surface area contributed by atoms with Gasteiger partial charge in [0.05, 0.1) is 13.5 Å². The highest BCUT2D eigenvalue weighted by atomic mass is 16.3. The first-order chi connectivity index (χ1) is 13.0. The van der Waals surface area contributed by atoms with Gasteiger partial charge in [-0.15, -0.1) is 0 Å². The van der Waals surface area contributed by atoms with Crippen LogP contribution in [0.15, 0.2) is 77.3 Å². The number of hydrogen-bond donors (Lipinski definition) is 0. The quantitative estimate of drug-likeness (QED) is 0.355. The standard InChI is InChI=1S/C24H18BNO/c1-24(2,25)16-12-13-26-20(14-16)18-8-5-9-19-22-17-7-4-3-6-15(17)10-11-21(22)27-23(18)19/h3-14H,1-2H3. The molecule has 2 heterocycles. The molecule has 5 rings (SSSR count). The van der Waals surface area contributed by atoms with Gasteiger partial charge in [0.25, 0.3) is 0 Å². The van der Waals surface area contributed by atoms with Gasteiger partial charge in [-0.2, -0.15) is 0 Å². The van der Waals surface area contributed by atoms with Gasteiger partial charge in [-0.1, -0.05) is 56.3 Å². The third-order valence-electron chi connectivity index (χ3n) is 5.17. The van der Waals surface area contributed by atoms with Gasteiger partial charge in [-0.05, 0) is 45.9 Å². The average molecular weight is 347 g/mol. The van der Waals surface area contributed by atoms with E-state index in [0.717, 1.165) is 38.8 Å². The molecule has 128 valence electrons. The smallest absolute Gasteiger partial charge is 0.144 e. The Morgan fingerprint density at radius 2 is 1.70 bits per heavy atom. The van der Waals surface area contributed by atoms with Crippen LogP contribution in [-0.2, 0) is 5.31 Å². The van der Waals surface area contributed by atoms with Crippen LogP contribution in [0.2, 0.25) is 0 Å². The maximum absolute atomic E-state index is 6.30. The van der Waals surface area contributed by atoms with E-state index >= 15 is 0 Å². The lowest BCUT2D eigenvalue weighted by Crippen LogP contribution is -2.16. The van der Waals surface area contributed by atoms with E-state index in [1.165, 1.54) is 10.8 Å². The van der Waals surface area contributed by atoms with Crippen molar-refractivity contribution in [3.8, 4) is 11.3 Å². The maximum Gasteiger partial charge on any atom is 0.144 e. The lowest BCUT2D eigenvalue weighted by molar-refractivity contribution is 0.670. The van der Waals surface area contributed by atoms with Crippen LogP contribution >= 0.6 is 0 Å². The number of para-hydroxylation sites is 1. The number of furan rings is 1. The molecule has 0 atom stereocenters. The van der Waals surface area contributed by atoms with Crippen molar-refractivity contribution in [2.24, 2.45) is 0 Å². The summed E-state index contributed by atoms with van der Waals surface area (Å²) in [6.07, 6.45) is 1.82. The van der Waals surface area contributed by atoms with Gasteiger partial charge >= 0.3 is 0 Å². The van der Waals surface area contributed by atoms with E-state index in [4.69, 9.17) is 12.3 Å². The van der Waals surface area contributed by atoms with E-state index < -0.39 is 5.31 Å². The number of benzene rings is 3. The van der Waals surface area contributed by atoms with Crippen LogP contribution in [0.1, 0.15) is 19.4 Å². The Balaban J connectivity index is 1.84. The third kappa shape index (κ3) is 2.54. The number of hydrogen-bond acceptors (Lipinski definition) is 2. The van der Waals surface area contributed by atoms with Crippen molar-refractivity contribution in [3.63, 3.8) is 0 Å². The van der Waals surface area contributed by atoms with Crippen molar-refractivity contribution >= 4 is 40.6 Å². The van der Waals surface area contributed by atoms with Gasteiger partial charge in [0, 0.05) is 22.5 Å². The summed E-state index contributed by atoms with van der Waals surface area (Å²) in [7, 11) is 6.29. The normalized spacial score (nSPS) is 12.2. The molecule has 0 aliphatic carbocycles. The van der Waals surface area contributed by atoms with Crippen molar-refractivity contribution in [1.82, 2.24) is 4.98 Å². The van der Waals surface area contributed by atoms with E-state index in [0.29, 0.717) is 0 Å². The Labute approximate surface area is 159 Å². The van der Waals surface area contributed by atoms with Crippen LogP contribution in [0.4, 0.5) is 0 Å². The highest BCUT2D eigenvalue weighted by Gasteiger charge is 2.17. The zero-order chi connectivity index (χ0) is 18.6. The molecule has 0 fully saturated rings. The molecule has 0 saturated heterocycles. The molecule has 0 aliphatic rings. The molecule has 0 bridgehead atoms. The monoisotopic (exact) mass is 347 g/mol. The summed E-state index contributed by atoms with van der Waals surface area (Å²) in [6.45, 7) is 4.00. The first kappa shape index (κ1) is 16.1. The molecule has 0 spiro atoms. The average Bonchev–Trinajstić information content (AvgIpc) is 3.06. The van der Waals surface area contributed by atoms with Crippen LogP contribution in [0, 0.1) is 0 Å². The highest BCUT2D eigenvalue weighted by Crippen LogP contribution is 2.39. The summed E-state index contributed by atoms with van der Waals surface area (Å²) in [4.78, 5) is 4.59. The Hall–Kier alpha value is -3.07. The highest BCUT2D eigenvalue weighted by molar-refractivity contribution is 6.20. The van der Waals surface area contributed by atoms with Gasteiger partial charge in [0.1, 0.15) is 11.2 Å². The lowest BCUT2D eigenvalue weighted by Gasteiger charge is -2.19. The minimum atomic E-state index is -0.421. The Bertz CT molecular complexity index is 1310. The zero-order valence-electron chi connectivity index (χ0n) is 15.4. The molecule has 0 N–H and O–H groups in total. The van der Waals surface area contributed by atoms with E-state index in [1.807, 2.05) is 32.2 Å². The number of fused-ring (bicyclic) bond motifs is 5. The first-order valence-electron chi connectivity index (χ1n) is 9.11. The molecule has 2 nitrogen and oxygen atoms in total. The molecular weight excluding hydrogens is 329 g/mol. The zero-order valence-corrected chi connectivity index (χ0v) is 15.4. The second kappa shape index (κ2) is 5.72. The van der Waals surface area contributed by atoms with Gasteiger partial charge in [-0.3, -0.25) is 4.98 Å². The SMILES string of the molecule is [B]C(C)(C)c1ccnc(-c2cccc3c2oc2ccc4ccccc4c23)c1. The second-order valence-corrected chi connectivity index (χ2v) is 7.60. The van der Waals surface area contributed by atoms with Crippen LogP contribution < -0.4 is 0 Å². The van der Waals surface area contributed by atoms with Gasteiger partial charge in [0.2, 0.25) is 0 Å². The number of rotatable bonds is 2. The van der Waals surface area contributed by atoms with E-state index in [2.05, 4.69) is 59.6 Å². The Morgan fingerprint density at radius 1 is 0.889 bits per heavy atom. The van der Waals surface area contributed by atoms with Gasteiger partial charge in [0.15, 0.2) is 0 Å². The fourth-order valence-corrected chi connectivity index (χ4v) is 3.75. The van der Waals surface area contributed by atoms with Crippen molar-refractivity contribution in [3.05, 3.63) is 78.5 Å². The van der Waals surface area contributed by atoms with E-state index in [9.17, 15) is 0 Å². The molecule has 2 aromatic heterocycles. The summed E-state index contributed by atoms with van der Waals surface area (Å²) in [5.74, 6) is 0. The minimum Gasteiger partial charge on any atom is -0.455 e. The van der Waals surface area contributed by atoms with Crippen molar-refractivity contribution in [1.29, 1.82) is 0 Å². The maximum atomic E-state index is 6.30. The first-order valence-corrected chi connectivity index (χ1v) is 9.11. The Kier molecular flexibility index (Phi) is 3.42. The molecule has 0 saturated carbocycles. The molecule has 27 heavy (non-hydrogen) atoms. The fraction of sp³-hybridized carbons (Fsp3) is 0.125. The molecule has 5 aromatic rings. The van der Waals surface area contributed by atoms with E-state index in [-0.39, 0.29) is 0 Å².